The molecule has 0 aromatic heterocycles. The molecule has 34 heavy (non-hydrogen) atoms. The van der Waals surface area contributed by atoms with Crippen LogP contribution in [0.2, 0.25) is 0 Å². The third kappa shape index (κ3) is 4.51. The van der Waals surface area contributed by atoms with Gasteiger partial charge in [0.15, 0.2) is 11.5 Å². The first-order valence-electron chi connectivity index (χ1n) is 10.8. The monoisotopic (exact) mass is 493 g/mol. The molecule has 4 atom stereocenters. The number of nitrogens with two attached hydrogens (primary N) is 1. The van der Waals surface area contributed by atoms with Gasteiger partial charge in [0.2, 0.25) is 25.4 Å². The number of nitrogens with one attached hydrogen (secondary N) is 1. The number of nitrogens with zero attached hydrogens (tertiary/aromatic N) is 1. The zero-order valence-electron chi connectivity index (χ0n) is 19.1. The Labute approximate surface area is 200 Å². The lowest BCUT2D eigenvalue weighted by molar-refractivity contribution is -0.175. The van der Waals surface area contributed by atoms with Crippen LogP contribution in [0, 0.1) is 0 Å². The van der Waals surface area contributed by atoms with Gasteiger partial charge in [-0.05, 0) is 38.3 Å². The maximum Gasteiger partial charge on any atom is 0.333 e. The molecule has 4 rings (SSSR count). The first-order valence-corrected chi connectivity index (χ1v) is 11.7. The highest BCUT2D eigenvalue weighted by Crippen LogP contribution is 2.51. The average molecular weight is 494 g/mol. The van der Waals surface area contributed by atoms with Crippen molar-refractivity contribution in [1.82, 2.24) is 10.2 Å². The lowest BCUT2D eigenvalue weighted by atomic mass is 9.95. The lowest BCUT2D eigenvalue weighted by Gasteiger charge is -2.44. The van der Waals surface area contributed by atoms with E-state index < -0.39 is 52.9 Å². The summed E-state index contributed by atoms with van der Waals surface area (Å²) < 4.78 is 19.8. The van der Waals surface area contributed by atoms with E-state index in [9.17, 15) is 19.2 Å². The molecule has 3 aliphatic heterocycles. The molecule has 1 aromatic rings. The van der Waals surface area contributed by atoms with E-state index in [0.29, 0.717) is 24.3 Å². The van der Waals surface area contributed by atoms with Crippen molar-refractivity contribution in [2.24, 2.45) is 5.73 Å². The molecule has 3 heterocycles. The van der Waals surface area contributed by atoms with Gasteiger partial charge in [-0.3, -0.25) is 14.4 Å². The van der Waals surface area contributed by atoms with Crippen molar-refractivity contribution in [3.05, 3.63) is 23.8 Å². The van der Waals surface area contributed by atoms with Crippen LogP contribution < -0.4 is 20.5 Å². The third-order valence-corrected chi connectivity index (χ3v) is 7.54. The SMILES string of the molecule is CC(=O)OCOC(=O)[C@@H]1N2C(=O)[C@@H](NC(=O)C(N)CCc3cccc4c3OCO4)[C@H]2SC1(C)C. The van der Waals surface area contributed by atoms with Crippen LogP contribution in [-0.4, -0.2) is 70.5 Å². The summed E-state index contributed by atoms with van der Waals surface area (Å²) in [5.74, 6) is -0.750. The van der Waals surface area contributed by atoms with E-state index >= 15 is 0 Å². The molecule has 0 spiro atoms. The van der Waals surface area contributed by atoms with Crippen LogP contribution in [-0.2, 0) is 35.1 Å². The molecule has 1 aromatic carbocycles. The van der Waals surface area contributed by atoms with E-state index in [1.54, 1.807) is 0 Å². The highest BCUT2D eigenvalue weighted by atomic mass is 32.2. The molecule has 0 bridgehead atoms. The summed E-state index contributed by atoms with van der Waals surface area (Å²) in [5, 5.41) is 2.30. The predicted octanol–water partition coefficient (Wildman–Crippen LogP) is 0.286. The lowest BCUT2D eigenvalue weighted by Crippen LogP contribution is -2.71. The number of carbonyl (C=O) groups is 4. The van der Waals surface area contributed by atoms with Gasteiger partial charge in [0.05, 0.1) is 6.04 Å². The van der Waals surface area contributed by atoms with Crippen LogP contribution in [0.15, 0.2) is 18.2 Å². The van der Waals surface area contributed by atoms with E-state index in [2.05, 4.69) is 10.1 Å². The number of fused-ring (bicyclic) bond motifs is 2. The number of para-hydroxylation sites is 1. The highest BCUT2D eigenvalue weighted by Gasteiger charge is 2.64. The quantitative estimate of drug-likeness (QED) is 0.294. The van der Waals surface area contributed by atoms with Gasteiger partial charge in [0.1, 0.15) is 17.5 Å². The summed E-state index contributed by atoms with van der Waals surface area (Å²) in [4.78, 5) is 50.4. The zero-order chi connectivity index (χ0) is 24.6. The summed E-state index contributed by atoms with van der Waals surface area (Å²) >= 11 is 1.39. The number of ether oxygens (including phenoxy) is 4. The normalized spacial score (nSPS) is 24.6. The molecule has 1 unspecified atom stereocenters. The Morgan fingerprint density at radius 2 is 2.06 bits per heavy atom. The van der Waals surface area contributed by atoms with E-state index in [1.807, 2.05) is 32.0 Å². The predicted molar refractivity (Wildman–Crippen MR) is 120 cm³/mol. The van der Waals surface area contributed by atoms with Gasteiger partial charge >= 0.3 is 11.9 Å². The second kappa shape index (κ2) is 9.34. The van der Waals surface area contributed by atoms with Crippen molar-refractivity contribution in [2.45, 2.75) is 61.9 Å². The number of β-lactam (4-membered cyclic amide) rings is 1. The Hall–Kier alpha value is -2.99. The maximum absolute atomic E-state index is 12.8. The summed E-state index contributed by atoms with van der Waals surface area (Å²) in [5.41, 5.74) is 6.99. The van der Waals surface area contributed by atoms with E-state index in [1.165, 1.54) is 23.6 Å². The molecule has 11 nitrogen and oxygen atoms in total. The number of esters is 2. The Bertz CT molecular complexity index is 1020. The summed E-state index contributed by atoms with van der Waals surface area (Å²) in [6.45, 7) is 4.47. The highest BCUT2D eigenvalue weighted by molar-refractivity contribution is 8.01. The fourth-order valence-corrected chi connectivity index (χ4v) is 5.89. The van der Waals surface area contributed by atoms with Gasteiger partial charge in [-0.2, -0.15) is 0 Å². The number of amides is 2. The van der Waals surface area contributed by atoms with E-state index in [-0.39, 0.29) is 12.7 Å². The number of benzene rings is 1. The number of hydrogen-bond donors (Lipinski definition) is 2. The van der Waals surface area contributed by atoms with Gasteiger partial charge in [-0.15, -0.1) is 11.8 Å². The second-order valence-corrected chi connectivity index (χ2v) is 10.5. The summed E-state index contributed by atoms with van der Waals surface area (Å²) in [6, 6.07) is 3.07. The van der Waals surface area contributed by atoms with Crippen LogP contribution >= 0.6 is 11.8 Å². The minimum Gasteiger partial charge on any atom is -0.454 e. The molecule has 3 N–H and O–H groups in total. The summed E-state index contributed by atoms with van der Waals surface area (Å²) in [7, 11) is 0. The van der Waals surface area contributed by atoms with Gasteiger partial charge < -0.3 is 34.9 Å². The second-order valence-electron chi connectivity index (χ2n) is 8.76. The van der Waals surface area contributed by atoms with Gasteiger partial charge in [0.25, 0.3) is 0 Å². The number of rotatable bonds is 8. The zero-order valence-corrected chi connectivity index (χ0v) is 19.9. The van der Waals surface area contributed by atoms with Crippen molar-refractivity contribution in [2.75, 3.05) is 13.6 Å². The summed E-state index contributed by atoms with van der Waals surface area (Å²) in [6.07, 6.45) is 0.859. The molecule has 12 heteroatoms. The van der Waals surface area contributed by atoms with Gasteiger partial charge in [-0.25, -0.2) is 4.79 Å². The van der Waals surface area contributed by atoms with Gasteiger partial charge in [-0.1, -0.05) is 12.1 Å². The van der Waals surface area contributed by atoms with E-state index in [4.69, 9.17) is 19.9 Å². The molecule has 0 saturated carbocycles. The average Bonchev–Trinajstić information content (AvgIpc) is 3.36. The molecular formula is C22H27N3O8S. The smallest absolute Gasteiger partial charge is 0.333 e. The van der Waals surface area contributed by atoms with Crippen LogP contribution in [0.5, 0.6) is 11.5 Å². The first-order chi connectivity index (χ1) is 16.1. The molecular weight excluding hydrogens is 466 g/mol. The van der Waals surface area contributed by atoms with Crippen LogP contribution in [0.3, 0.4) is 0 Å². The first kappa shape index (κ1) is 24.1. The van der Waals surface area contributed by atoms with E-state index in [0.717, 1.165) is 5.56 Å². The molecule has 2 saturated heterocycles. The van der Waals surface area contributed by atoms with Crippen LogP contribution in [0.4, 0.5) is 0 Å². The molecule has 3 aliphatic rings. The fraction of sp³-hybridized carbons (Fsp3) is 0.545. The topological polar surface area (TPSA) is 146 Å². The standard InChI is InChI=1S/C22H27N3O8S/c1-11(26)30-9-33-21(29)17-22(2,3)34-20-15(19(28)25(17)20)24-18(27)13(23)8-7-12-5-4-6-14-16(12)32-10-31-14/h4-6,13,15,17,20H,7-10,23H2,1-3H3,(H,24,27)/t13?,15-,17+,20-/m1/s1. The van der Waals surface area contributed by atoms with Crippen molar-refractivity contribution in [1.29, 1.82) is 0 Å². The van der Waals surface area contributed by atoms with Crippen LogP contribution in [0.1, 0.15) is 32.8 Å². The van der Waals surface area contributed by atoms with Crippen LogP contribution in [0.25, 0.3) is 0 Å². The molecule has 2 fully saturated rings. The third-order valence-electron chi connectivity index (χ3n) is 5.97. The molecule has 0 radical (unpaired) electrons. The maximum atomic E-state index is 12.8. The van der Waals surface area contributed by atoms with Gasteiger partial charge in [0, 0.05) is 11.7 Å². The number of aryl methyl sites for hydroxylation is 1. The Morgan fingerprint density at radius 3 is 2.79 bits per heavy atom. The minimum absolute atomic E-state index is 0.160. The molecule has 184 valence electrons. The van der Waals surface area contributed by atoms with Crippen molar-refractivity contribution < 1.29 is 38.1 Å². The fourth-order valence-electron chi connectivity index (χ4n) is 4.27. The Kier molecular flexibility index (Phi) is 6.63. The van der Waals surface area contributed by atoms with Crippen molar-refractivity contribution >= 4 is 35.5 Å². The minimum atomic E-state index is -0.866. The van der Waals surface area contributed by atoms with Crippen molar-refractivity contribution in [3.63, 3.8) is 0 Å². The Balaban J connectivity index is 1.32. The van der Waals surface area contributed by atoms with Crippen molar-refractivity contribution in [3.8, 4) is 11.5 Å². The number of thioether (sulfide) groups is 1. The largest absolute Gasteiger partial charge is 0.454 e. The number of carbonyl (C=O) groups excluding carboxylic acids is 4. The number of hydrogen-bond acceptors (Lipinski definition) is 10. The Morgan fingerprint density at radius 1 is 1.29 bits per heavy atom. The molecule has 2 amide bonds. The molecule has 0 aliphatic carbocycles.